The third kappa shape index (κ3) is 4.14. The molecule has 0 radical (unpaired) electrons. The van der Waals surface area contributed by atoms with Crippen LogP contribution in [-0.2, 0) is 15.2 Å². The van der Waals surface area contributed by atoms with Crippen LogP contribution in [0.25, 0.3) is 0 Å². The number of amides is 2. The highest BCUT2D eigenvalue weighted by atomic mass is 32.1. The van der Waals surface area contributed by atoms with E-state index in [1.165, 1.54) is 11.3 Å². The number of aliphatic hydroxyl groups is 1. The Morgan fingerprint density at radius 3 is 2.48 bits per heavy atom. The lowest BCUT2D eigenvalue weighted by molar-refractivity contribution is -0.136. The highest BCUT2D eigenvalue weighted by Crippen LogP contribution is 2.24. The van der Waals surface area contributed by atoms with Crippen molar-refractivity contribution in [1.29, 1.82) is 0 Å². The topological polar surface area (TPSA) is 78.4 Å². The average molecular weight is 304 g/mol. The summed E-state index contributed by atoms with van der Waals surface area (Å²) in [7, 11) is 0. The first-order valence-electron chi connectivity index (χ1n) is 6.39. The van der Waals surface area contributed by atoms with Crippen molar-refractivity contribution in [2.75, 3.05) is 11.9 Å². The lowest BCUT2D eigenvalue weighted by atomic mass is 10.1. The number of carbonyl (C=O) groups is 2. The van der Waals surface area contributed by atoms with Crippen LogP contribution in [0, 0.1) is 0 Å². The summed E-state index contributed by atoms with van der Waals surface area (Å²) >= 11 is 1.39. The molecule has 5 nitrogen and oxygen atoms in total. The third-order valence-corrected chi connectivity index (χ3v) is 4.01. The molecule has 1 atom stereocenters. The molecule has 0 aliphatic carbocycles. The van der Waals surface area contributed by atoms with E-state index < -0.39 is 17.4 Å². The fourth-order valence-electron chi connectivity index (χ4n) is 1.71. The van der Waals surface area contributed by atoms with Crippen molar-refractivity contribution in [3.8, 4) is 0 Å². The van der Waals surface area contributed by atoms with Crippen molar-refractivity contribution in [2.45, 2.75) is 12.5 Å². The highest BCUT2D eigenvalue weighted by Gasteiger charge is 2.26. The minimum absolute atomic E-state index is 0.0332. The monoisotopic (exact) mass is 304 g/mol. The molecule has 110 valence electrons. The van der Waals surface area contributed by atoms with Crippen molar-refractivity contribution in [2.24, 2.45) is 0 Å². The SMILES string of the molecule is CC(O)(CNC(=O)C(=O)Nc1ccccc1)c1cccs1. The van der Waals surface area contributed by atoms with Crippen molar-refractivity contribution < 1.29 is 14.7 Å². The summed E-state index contributed by atoms with van der Waals surface area (Å²) in [6.07, 6.45) is 0. The first kappa shape index (κ1) is 15.2. The maximum atomic E-state index is 11.7. The quantitative estimate of drug-likeness (QED) is 0.752. The lowest BCUT2D eigenvalue weighted by Gasteiger charge is -2.22. The lowest BCUT2D eigenvalue weighted by Crippen LogP contribution is -2.42. The van der Waals surface area contributed by atoms with E-state index in [1.807, 2.05) is 17.5 Å². The van der Waals surface area contributed by atoms with Gasteiger partial charge in [0.15, 0.2) is 0 Å². The molecule has 0 fully saturated rings. The first-order chi connectivity index (χ1) is 9.99. The number of thiophene rings is 1. The van der Waals surface area contributed by atoms with Crippen LogP contribution >= 0.6 is 11.3 Å². The van der Waals surface area contributed by atoms with Crippen molar-refractivity contribution in [3.63, 3.8) is 0 Å². The van der Waals surface area contributed by atoms with Crippen LogP contribution in [0.4, 0.5) is 5.69 Å². The largest absolute Gasteiger partial charge is 0.383 e. The number of hydrogen-bond acceptors (Lipinski definition) is 4. The number of nitrogens with one attached hydrogen (secondary N) is 2. The summed E-state index contributed by atoms with van der Waals surface area (Å²) in [6.45, 7) is 1.56. The van der Waals surface area contributed by atoms with Gasteiger partial charge in [-0.05, 0) is 30.5 Å². The molecule has 2 aromatic rings. The summed E-state index contributed by atoms with van der Waals surface area (Å²) in [4.78, 5) is 24.2. The van der Waals surface area contributed by atoms with Gasteiger partial charge in [0.05, 0.1) is 6.54 Å². The van der Waals surface area contributed by atoms with Crippen LogP contribution in [0.3, 0.4) is 0 Å². The van der Waals surface area contributed by atoms with E-state index in [-0.39, 0.29) is 6.54 Å². The maximum absolute atomic E-state index is 11.7. The molecule has 0 saturated heterocycles. The van der Waals surface area contributed by atoms with E-state index in [0.29, 0.717) is 5.69 Å². The van der Waals surface area contributed by atoms with Crippen LogP contribution in [0.2, 0.25) is 0 Å². The number of anilines is 1. The number of benzene rings is 1. The van der Waals surface area contributed by atoms with Crippen LogP contribution in [0.1, 0.15) is 11.8 Å². The second kappa shape index (κ2) is 6.51. The van der Waals surface area contributed by atoms with E-state index in [2.05, 4.69) is 10.6 Å². The molecule has 2 rings (SSSR count). The fourth-order valence-corrected chi connectivity index (χ4v) is 2.50. The van der Waals surface area contributed by atoms with Gasteiger partial charge in [-0.2, -0.15) is 0 Å². The summed E-state index contributed by atoms with van der Waals surface area (Å²) in [5, 5.41) is 17.0. The van der Waals surface area contributed by atoms with E-state index in [4.69, 9.17) is 0 Å². The highest BCUT2D eigenvalue weighted by molar-refractivity contribution is 7.10. The van der Waals surface area contributed by atoms with Crippen LogP contribution in [0.15, 0.2) is 47.8 Å². The minimum Gasteiger partial charge on any atom is -0.383 e. The fraction of sp³-hybridized carbons (Fsp3) is 0.200. The Hall–Kier alpha value is -2.18. The summed E-state index contributed by atoms with van der Waals surface area (Å²) < 4.78 is 0. The van der Waals surface area contributed by atoms with Gasteiger partial charge in [-0.25, -0.2) is 0 Å². The van der Waals surface area contributed by atoms with Gasteiger partial charge in [-0.15, -0.1) is 11.3 Å². The number of para-hydroxylation sites is 1. The van der Waals surface area contributed by atoms with Gasteiger partial charge in [0.25, 0.3) is 0 Å². The maximum Gasteiger partial charge on any atom is 0.313 e. The van der Waals surface area contributed by atoms with Gasteiger partial charge in [-0.1, -0.05) is 24.3 Å². The van der Waals surface area contributed by atoms with Crippen molar-refractivity contribution in [1.82, 2.24) is 5.32 Å². The molecule has 1 heterocycles. The molecule has 3 N–H and O–H groups in total. The molecule has 2 amide bonds. The normalized spacial score (nSPS) is 13.2. The predicted molar refractivity (Wildman–Crippen MR) is 82.0 cm³/mol. The van der Waals surface area contributed by atoms with Gasteiger partial charge in [0.1, 0.15) is 5.60 Å². The molecule has 0 aliphatic heterocycles. The Labute approximate surface area is 126 Å². The Morgan fingerprint density at radius 2 is 1.86 bits per heavy atom. The van der Waals surface area contributed by atoms with Crippen LogP contribution in [-0.4, -0.2) is 23.5 Å². The zero-order chi connectivity index (χ0) is 15.3. The van der Waals surface area contributed by atoms with Crippen LogP contribution in [0.5, 0.6) is 0 Å². The standard InChI is InChI=1S/C15H16N2O3S/c1-15(20,12-8-5-9-21-12)10-16-13(18)14(19)17-11-6-3-2-4-7-11/h2-9,20H,10H2,1H3,(H,16,18)(H,17,19). The van der Waals surface area contributed by atoms with Crippen molar-refractivity contribution in [3.05, 3.63) is 52.7 Å². The molecule has 0 bridgehead atoms. The molecule has 0 saturated carbocycles. The van der Waals surface area contributed by atoms with Gasteiger partial charge in [0.2, 0.25) is 0 Å². The van der Waals surface area contributed by atoms with Crippen LogP contribution < -0.4 is 10.6 Å². The predicted octanol–water partition coefficient (Wildman–Crippen LogP) is 1.71. The average Bonchev–Trinajstić information content (AvgIpc) is 3.01. The second-order valence-electron chi connectivity index (χ2n) is 4.75. The van der Waals surface area contributed by atoms with Gasteiger partial charge in [0, 0.05) is 10.6 Å². The second-order valence-corrected chi connectivity index (χ2v) is 5.70. The Balaban J connectivity index is 1.88. The smallest absolute Gasteiger partial charge is 0.313 e. The van der Waals surface area contributed by atoms with E-state index in [0.717, 1.165) is 4.88 Å². The molecular weight excluding hydrogens is 288 g/mol. The summed E-state index contributed by atoms with van der Waals surface area (Å²) in [5.41, 5.74) is -0.653. The van der Waals surface area contributed by atoms with E-state index in [9.17, 15) is 14.7 Å². The van der Waals surface area contributed by atoms with Crippen molar-refractivity contribution >= 4 is 28.8 Å². The minimum atomic E-state index is -1.20. The number of hydrogen-bond donors (Lipinski definition) is 3. The molecule has 1 aromatic carbocycles. The number of rotatable bonds is 4. The molecule has 1 unspecified atom stereocenters. The molecular formula is C15H16N2O3S. The third-order valence-electron chi connectivity index (χ3n) is 2.88. The molecule has 6 heteroatoms. The molecule has 21 heavy (non-hydrogen) atoms. The zero-order valence-corrected chi connectivity index (χ0v) is 12.3. The van der Waals surface area contributed by atoms with Gasteiger partial charge in [-0.3, -0.25) is 9.59 Å². The van der Waals surface area contributed by atoms with E-state index in [1.54, 1.807) is 37.3 Å². The molecule has 0 spiro atoms. The van der Waals surface area contributed by atoms with E-state index >= 15 is 0 Å². The van der Waals surface area contributed by atoms with Gasteiger partial charge >= 0.3 is 11.8 Å². The Kier molecular flexibility index (Phi) is 4.72. The summed E-state index contributed by atoms with van der Waals surface area (Å²) in [6, 6.07) is 12.3. The number of carbonyl (C=O) groups excluding carboxylic acids is 2. The first-order valence-corrected chi connectivity index (χ1v) is 7.27. The Bertz CT molecular complexity index is 609. The Morgan fingerprint density at radius 1 is 1.14 bits per heavy atom. The molecule has 0 aliphatic rings. The zero-order valence-electron chi connectivity index (χ0n) is 11.5. The molecule has 1 aromatic heterocycles. The van der Waals surface area contributed by atoms with Gasteiger partial charge < -0.3 is 15.7 Å². The summed E-state index contributed by atoms with van der Waals surface area (Å²) in [5.74, 6) is -1.54.